The van der Waals surface area contributed by atoms with Crippen molar-refractivity contribution >= 4 is 28.2 Å². The van der Waals surface area contributed by atoms with Crippen LogP contribution in [0.3, 0.4) is 0 Å². The fraction of sp³-hybridized carbons (Fsp3) is 0.0667. The number of benzene rings is 2. The fourth-order valence-corrected chi connectivity index (χ4v) is 2.04. The van der Waals surface area contributed by atoms with E-state index >= 15 is 0 Å². The van der Waals surface area contributed by atoms with Crippen LogP contribution in [-0.4, -0.2) is 16.1 Å². The summed E-state index contributed by atoms with van der Waals surface area (Å²) in [7, 11) is 0. The highest BCUT2D eigenvalue weighted by atomic mass is 16.1. The first-order valence-corrected chi connectivity index (χ1v) is 6.24. The number of aromatic amines is 1. The molecule has 3 aromatic rings. The van der Waals surface area contributed by atoms with Gasteiger partial charge in [0.1, 0.15) is 0 Å². The van der Waals surface area contributed by atoms with Crippen LogP contribution in [0.2, 0.25) is 0 Å². The number of hydrogen-bond acceptors (Lipinski definition) is 3. The molecule has 5 nitrogen and oxygen atoms in total. The van der Waals surface area contributed by atoms with E-state index in [4.69, 9.17) is 5.73 Å². The topological polar surface area (TPSA) is 83.8 Å². The number of nitrogens with two attached hydrogens (primary N) is 1. The second-order valence-electron chi connectivity index (χ2n) is 4.70. The van der Waals surface area contributed by atoms with Crippen molar-refractivity contribution in [1.82, 2.24) is 10.2 Å². The van der Waals surface area contributed by atoms with Crippen molar-refractivity contribution in [3.8, 4) is 0 Å². The highest BCUT2D eigenvalue weighted by Crippen LogP contribution is 2.18. The molecule has 0 bridgehead atoms. The van der Waals surface area contributed by atoms with Crippen LogP contribution in [-0.2, 0) is 0 Å². The molecule has 2 aromatic carbocycles. The Hall–Kier alpha value is -2.82. The van der Waals surface area contributed by atoms with Crippen LogP contribution >= 0.6 is 0 Å². The van der Waals surface area contributed by atoms with Crippen LogP contribution in [0.5, 0.6) is 0 Å². The Morgan fingerprint density at radius 2 is 2.10 bits per heavy atom. The maximum absolute atomic E-state index is 12.2. The minimum Gasteiger partial charge on any atom is -0.399 e. The number of rotatable bonds is 2. The molecule has 4 N–H and O–H groups in total. The van der Waals surface area contributed by atoms with Gasteiger partial charge in [0.05, 0.1) is 11.7 Å². The van der Waals surface area contributed by atoms with E-state index < -0.39 is 0 Å². The highest BCUT2D eigenvalue weighted by molar-refractivity contribution is 6.05. The average molecular weight is 266 g/mol. The summed E-state index contributed by atoms with van der Waals surface area (Å²) in [6.45, 7) is 1.88. The van der Waals surface area contributed by atoms with Gasteiger partial charge < -0.3 is 11.1 Å². The quantitative estimate of drug-likeness (QED) is 0.623. The van der Waals surface area contributed by atoms with Gasteiger partial charge in [0.25, 0.3) is 5.91 Å². The van der Waals surface area contributed by atoms with Gasteiger partial charge in [0.15, 0.2) is 0 Å². The van der Waals surface area contributed by atoms with Crippen molar-refractivity contribution in [2.24, 2.45) is 0 Å². The molecule has 0 aliphatic carbocycles. The van der Waals surface area contributed by atoms with Crippen LogP contribution in [0.25, 0.3) is 10.9 Å². The van der Waals surface area contributed by atoms with E-state index in [0.717, 1.165) is 22.2 Å². The van der Waals surface area contributed by atoms with Gasteiger partial charge in [0.2, 0.25) is 0 Å². The van der Waals surface area contributed by atoms with Crippen molar-refractivity contribution in [1.29, 1.82) is 0 Å². The zero-order valence-corrected chi connectivity index (χ0v) is 11.0. The van der Waals surface area contributed by atoms with Crippen LogP contribution < -0.4 is 11.1 Å². The molecular formula is C15H14N4O. The minimum atomic E-state index is -0.157. The third kappa shape index (κ3) is 2.21. The monoisotopic (exact) mass is 266 g/mol. The smallest absolute Gasteiger partial charge is 0.255 e. The molecule has 3 rings (SSSR count). The molecule has 100 valence electrons. The number of hydrogen-bond donors (Lipinski definition) is 3. The molecule has 5 heteroatoms. The number of carbonyl (C=O) groups excluding carboxylic acids is 1. The number of nitrogens with zero attached hydrogens (tertiary/aromatic N) is 1. The number of nitrogen functional groups attached to an aromatic ring is 1. The van der Waals surface area contributed by atoms with E-state index in [1.165, 1.54) is 0 Å². The van der Waals surface area contributed by atoms with Crippen molar-refractivity contribution in [2.75, 3.05) is 11.1 Å². The van der Waals surface area contributed by atoms with Gasteiger partial charge in [-0.3, -0.25) is 9.89 Å². The van der Waals surface area contributed by atoms with Crippen LogP contribution in [0, 0.1) is 6.92 Å². The zero-order valence-electron chi connectivity index (χ0n) is 11.0. The summed E-state index contributed by atoms with van der Waals surface area (Å²) in [4.78, 5) is 12.2. The molecule has 0 aliphatic heterocycles. The summed E-state index contributed by atoms with van der Waals surface area (Å²) in [5.74, 6) is -0.157. The largest absolute Gasteiger partial charge is 0.399 e. The van der Waals surface area contributed by atoms with Gasteiger partial charge in [-0.1, -0.05) is 0 Å². The first kappa shape index (κ1) is 12.2. The van der Waals surface area contributed by atoms with Gasteiger partial charge in [-0.05, 0) is 48.9 Å². The lowest BCUT2D eigenvalue weighted by molar-refractivity contribution is 0.102. The number of amides is 1. The molecule has 20 heavy (non-hydrogen) atoms. The van der Waals surface area contributed by atoms with Crippen molar-refractivity contribution < 1.29 is 4.79 Å². The van der Waals surface area contributed by atoms with Crippen molar-refractivity contribution in [2.45, 2.75) is 6.92 Å². The van der Waals surface area contributed by atoms with E-state index in [1.807, 2.05) is 25.1 Å². The normalized spacial score (nSPS) is 10.7. The number of H-pyrrole nitrogens is 1. The number of nitrogens with one attached hydrogen (secondary N) is 2. The minimum absolute atomic E-state index is 0.157. The Balaban J connectivity index is 1.85. The molecule has 0 spiro atoms. The molecule has 0 unspecified atom stereocenters. The highest BCUT2D eigenvalue weighted by Gasteiger charge is 2.08. The Labute approximate surface area is 115 Å². The first-order valence-electron chi connectivity index (χ1n) is 6.24. The van der Waals surface area contributed by atoms with Crippen LogP contribution in [0.1, 0.15) is 15.9 Å². The summed E-state index contributed by atoms with van der Waals surface area (Å²) in [5, 5.41) is 10.6. The molecule has 0 saturated carbocycles. The third-order valence-corrected chi connectivity index (χ3v) is 3.23. The molecular weight excluding hydrogens is 252 g/mol. The summed E-state index contributed by atoms with van der Waals surface area (Å²) in [5.41, 5.74) is 9.58. The van der Waals surface area contributed by atoms with E-state index in [-0.39, 0.29) is 5.91 Å². The number of fused-ring (bicyclic) bond motifs is 1. The number of aryl methyl sites for hydroxylation is 1. The van der Waals surface area contributed by atoms with Crippen LogP contribution in [0.15, 0.2) is 42.6 Å². The zero-order chi connectivity index (χ0) is 14.1. The number of anilines is 2. The van der Waals surface area contributed by atoms with E-state index in [1.54, 1.807) is 24.4 Å². The van der Waals surface area contributed by atoms with E-state index in [0.29, 0.717) is 11.3 Å². The van der Waals surface area contributed by atoms with Gasteiger partial charge in [-0.2, -0.15) is 5.10 Å². The molecule has 0 aliphatic rings. The summed E-state index contributed by atoms with van der Waals surface area (Å²) < 4.78 is 0. The Kier molecular flexibility index (Phi) is 2.87. The van der Waals surface area contributed by atoms with Crippen molar-refractivity contribution in [3.63, 3.8) is 0 Å². The maximum atomic E-state index is 12.2. The van der Waals surface area contributed by atoms with E-state index in [9.17, 15) is 4.79 Å². The Morgan fingerprint density at radius 3 is 2.90 bits per heavy atom. The molecule has 1 aromatic heterocycles. The molecule has 1 amide bonds. The predicted octanol–water partition coefficient (Wildman–Crippen LogP) is 2.71. The van der Waals surface area contributed by atoms with Crippen molar-refractivity contribution in [3.05, 3.63) is 53.7 Å². The molecule has 1 heterocycles. The number of aromatic nitrogens is 2. The maximum Gasteiger partial charge on any atom is 0.255 e. The second-order valence-corrected chi connectivity index (χ2v) is 4.70. The summed E-state index contributed by atoms with van der Waals surface area (Å²) in [6.07, 6.45) is 1.72. The Bertz CT molecular complexity index is 791. The molecule has 0 atom stereocenters. The number of carbonyl (C=O) groups is 1. The summed E-state index contributed by atoms with van der Waals surface area (Å²) in [6, 6.07) is 10.8. The van der Waals surface area contributed by atoms with Gasteiger partial charge in [0, 0.05) is 22.3 Å². The Morgan fingerprint density at radius 1 is 1.25 bits per heavy atom. The SMILES string of the molecule is Cc1cc(C(=O)Nc2ccc3[nH]ncc3c2)ccc1N. The van der Waals surface area contributed by atoms with Gasteiger partial charge in [-0.25, -0.2) is 0 Å². The van der Waals surface area contributed by atoms with Gasteiger partial charge >= 0.3 is 0 Å². The fourth-order valence-electron chi connectivity index (χ4n) is 2.04. The van der Waals surface area contributed by atoms with Crippen LogP contribution in [0.4, 0.5) is 11.4 Å². The second kappa shape index (κ2) is 4.70. The molecule has 0 saturated heterocycles. The first-order chi connectivity index (χ1) is 9.63. The lowest BCUT2D eigenvalue weighted by Crippen LogP contribution is -2.12. The molecule has 0 fully saturated rings. The summed E-state index contributed by atoms with van der Waals surface area (Å²) >= 11 is 0. The van der Waals surface area contributed by atoms with Gasteiger partial charge in [-0.15, -0.1) is 0 Å². The lowest BCUT2D eigenvalue weighted by Gasteiger charge is -2.07. The standard InChI is InChI=1S/C15H14N4O/c1-9-6-10(2-4-13(9)16)15(20)18-12-3-5-14-11(7-12)8-17-19-14/h2-8H,16H2,1H3,(H,17,19)(H,18,20). The van der Waals surface area contributed by atoms with E-state index in [2.05, 4.69) is 15.5 Å². The predicted molar refractivity (Wildman–Crippen MR) is 79.6 cm³/mol. The molecule has 0 radical (unpaired) electrons. The average Bonchev–Trinajstić information content (AvgIpc) is 2.89. The third-order valence-electron chi connectivity index (χ3n) is 3.23. The lowest BCUT2D eigenvalue weighted by atomic mass is 10.1.